The van der Waals surface area contributed by atoms with Gasteiger partial charge in [-0.05, 0) is 88.1 Å². The maximum Gasteiger partial charge on any atom is 0.264 e. The first kappa shape index (κ1) is 33.9. The Balaban J connectivity index is 1.33. The summed E-state index contributed by atoms with van der Waals surface area (Å²) in [5.41, 5.74) is 4.22. The van der Waals surface area contributed by atoms with Gasteiger partial charge < -0.3 is 19.3 Å². The summed E-state index contributed by atoms with van der Waals surface area (Å²) in [4.78, 5) is 37.2. The Morgan fingerprint density at radius 3 is 2.54 bits per heavy atom. The van der Waals surface area contributed by atoms with Crippen LogP contribution >= 0.6 is 0 Å². The summed E-state index contributed by atoms with van der Waals surface area (Å²) in [5.74, 6) is 0.732. The Hall–Kier alpha value is -4.62. The minimum atomic E-state index is -4.18. The SMILES string of the molecule is Cc1cccc(C)c1-c1cc2nc(n1)NS(=O)(=O)c1cccc(c1)C(=O)N(Cc1cncc(N3CCC[C@H]3C)n1)[C@H](C[C@@H]1CCCOC1)CO2. The van der Waals surface area contributed by atoms with Gasteiger partial charge in [-0.1, -0.05) is 24.3 Å². The first-order chi connectivity index (χ1) is 24.1. The first-order valence-electron chi connectivity index (χ1n) is 17.3. The lowest BCUT2D eigenvalue weighted by Crippen LogP contribution is -2.45. The van der Waals surface area contributed by atoms with Gasteiger partial charge >= 0.3 is 0 Å². The number of aromatic nitrogens is 4. The number of carbonyl (C=O) groups is 1. The molecule has 5 heterocycles. The number of benzene rings is 2. The number of hydrogen-bond acceptors (Lipinski definition) is 10. The number of fused-ring (bicyclic) bond motifs is 4. The molecule has 0 saturated carbocycles. The standard InChI is InChI=1S/C37H43N7O5S/c1-24-8-4-9-25(2)35(24)32-18-34-41-37(40-32)42-50(46,47)31-13-5-12-28(17-31)36(45)44(30(23-49-34)16-27-11-7-15-48-22-27)21-29-19-38-20-33(39-29)43-14-6-10-26(43)3/h4-5,8-9,12-13,17-20,26-27,30H,6-7,10-11,14-16,21-23H2,1-3H3,(H,40,41,42)/t26-,27+,30-/m1/s1. The van der Waals surface area contributed by atoms with E-state index in [1.54, 1.807) is 35.5 Å². The highest BCUT2D eigenvalue weighted by Gasteiger charge is 2.32. The van der Waals surface area contributed by atoms with Crippen LogP contribution in [0.25, 0.3) is 11.3 Å². The quantitative estimate of drug-likeness (QED) is 0.272. The summed E-state index contributed by atoms with van der Waals surface area (Å²) in [6.07, 6.45) is 8.15. The molecule has 2 aromatic carbocycles. The van der Waals surface area contributed by atoms with Crippen molar-refractivity contribution in [3.8, 4) is 17.1 Å². The Bertz CT molecular complexity index is 1960. The fourth-order valence-corrected chi connectivity index (χ4v) is 8.29. The van der Waals surface area contributed by atoms with Crippen LogP contribution in [0.15, 0.2) is 65.8 Å². The zero-order chi connectivity index (χ0) is 34.8. The molecule has 1 N–H and O–H groups in total. The van der Waals surface area contributed by atoms with Gasteiger partial charge in [0.25, 0.3) is 15.9 Å². The van der Waals surface area contributed by atoms with Gasteiger partial charge in [0.05, 0.1) is 41.3 Å². The van der Waals surface area contributed by atoms with Crippen molar-refractivity contribution in [2.24, 2.45) is 5.92 Å². The van der Waals surface area contributed by atoms with E-state index in [2.05, 4.69) is 31.5 Å². The molecule has 3 aliphatic heterocycles. The van der Waals surface area contributed by atoms with Crippen molar-refractivity contribution >= 4 is 27.7 Å². The molecule has 12 nitrogen and oxygen atoms in total. The number of anilines is 2. The van der Waals surface area contributed by atoms with Crippen LogP contribution in [0.1, 0.15) is 66.2 Å². The molecule has 4 aromatic rings. The average molecular weight is 698 g/mol. The molecule has 2 aromatic heterocycles. The van der Waals surface area contributed by atoms with E-state index in [1.165, 1.54) is 12.1 Å². The van der Waals surface area contributed by atoms with Crippen molar-refractivity contribution in [2.45, 2.75) is 76.4 Å². The van der Waals surface area contributed by atoms with Crippen LogP contribution in [0, 0.1) is 19.8 Å². The van der Waals surface area contributed by atoms with E-state index in [0.29, 0.717) is 30.5 Å². The topological polar surface area (TPSA) is 140 Å². The van der Waals surface area contributed by atoms with Crippen molar-refractivity contribution in [1.82, 2.24) is 24.8 Å². The summed E-state index contributed by atoms with van der Waals surface area (Å²) < 4.78 is 42.4. The van der Waals surface area contributed by atoms with Crippen LogP contribution < -0.4 is 14.4 Å². The van der Waals surface area contributed by atoms with Crippen LogP contribution in [0.2, 0.25) is 0 Å². The van der Waals surface area contributed by atoms with Gasteiger partial charge in [0.2, 0.25) is 11.8 Å². The Kier molecular flexibility index (Phi) is 9.69. The van der Waals surface area contributed by atoms with Crippen molar-refractivity contribution < 1.29 is 22.7 Å². The lowest BCUT2D eigenvalue weighted by molar-refractivity contribution is 0.0250. The molecule has 4 bridgehead atoms. The molecule has 2 fully saturated rings. The van der Waals surface area contributed by atoms with E-state index in [0.717, 1.165) is 61.3 Å². The molecule has 0 unspecified atom stereocenters. The molecule has 2 saturated heterocycles. The van der Waals surface area contributed by atoms with E-state index in [4.69, 9.17) is 14.5 Å². The van der Waals surface area contributed by atoms with Crippen molar-refractivity contribution in [1.29, 1.82) is 0 Å². The summed E-state index contributed by atoms with van der Waals surface area (Å²) in [7, 11) is -4.18. The molecular formula is C37H43N7O5S. The number of rotatable bonds is 6. The molecule has 0 spiro atoms. The number of ether oxygens (including phenoxy) is 2. The lowest BCUT2D eigenvalue weighted by Gasteiger charge is -2.35. The Labute approximate surface area is 293 Å². The number of nitrogens with one attached hydrogen (secondary N) is 1. The van der Waals surface area contributed by atoms with Crippen molar-refractivity contribution in [3.05, 3.63) is 83.3 Å². The van der Waals surface area contributed by atoms with E-state index in [9.17, 15) is 13.2 Å². The van der Waals surface area contributed by atoms with Gasteiger partial charge in [-0.2, -0.15) is 4.98 Å². The molecule has 1 amide bonds. The van der Waals surface area contributed by atoms with Crippen LogP contribution in [-0.2, 0) is 21.3 Å². The number of aryl methyl sites for hydroxylation is 2. The predicted molar refractivity (Wildman–Crippen MR) is 190 cm³/mol. The number of sulfonamides is 1. The van der Waals surface area contributed by atoms with Crippen molar-refractivity contribution in [3.63, 3.8) is 0 Å². The molecule has 0 radical (unpaired) electrons. The van der Waals surface area contributed by atoms with Gasteiger partial charge in [-0.3, -0.25) is 9.78 Å². The van der Waals surface area contributed by atoms with E-state index in [1.807, 2.05) is 32.0 Å². The summed E-state index contributed by atoms with van der Waals surface area (Å²) in [6.45, 7) is 8.62. The van der Waals surface area contributed by atoms with Gasteiger partial charge in [0.15, 0.2) is 0 Å². The van der Waals surface area contributed by atoms with Crippen LogP contribution in [-0.4, -0.2) is 77.6 Å². The predicted octanol–water partition coefficient (Wildman–Crippen LogP) is 5.56. The molecule has 50 heavy (non-hydrogen) atoms. The van der Waals surface area contributed by atoms with Gasteiger partial charge in [0.1, 0.15) is 12.4 Å². The highest BCUT2D eigenvalue weighted by Crippen LogP contribution is 2.31. The third-order valence-corrected chi connectivity index (χ3v) is 11.2. The number of nitrogens with zero attached hydrogens (tertiary/aromatic N) is 6. The van der Waals surface area contributed by atoms with Gasteiger partial charge in [0, 0.05) is 43.0 Å². The maximum absolute atomic E-state index is 14.6. The Morgan fingerprint density at radius 2 is 1.78 bits per heavy atom. The summed E-state index contributed by atoms with van der Waals surface area (Å²) >= 11 is 0. The summed E-state index contributed by atoms with van der Waals surface area (Å²) in [6, 6.07) is 13.7. The molecule has 3 atom stereocenters. The van der Waals surface area contributed by atoms with Crippen LogP contribution in [0.4, 0.5) is 11.8 Å². The van der Waals surface area contributed by atoms with Crippen LogP contribution in [0.3, 0.4) is 0 Å². The average Bonchev–Trinajstić information content (AvgIpc) is 3.54. The number of amides is 1. The summed E-state index contributed by atoms with van der Waals surface area (Å²) in [5, 5.41) is 0. The second kappa shape index (κ2) is 14.3. The van der Waals surface area contributed by atoms with E-state index in [-0.39, 0.29) is 47.3 Å². The lowest BCUT2D eigenvalue weighted by atomic mass is 9.93. The van der Waals surface area contributed by atoms with E-state index >= 15 is 0 Å². The Morgan fingerprint density at radius 1 is 0.960 bits per heavy atom. The van der Waals surface area contributed by atoms with Crippen LogP contribution in [0.5, 0.6) is 5.88 Å². The molecule has 3 aliphatic rings. The highest BCUT2D eigenvalue weighted by molar-refractivity contribution is 7.92. The maximum atomic E-state index is 14.6. The second-order valence-corrected chi connectivity index (χ2v) is 15.3. The largest absolute Gasteiger partial charge is 0.475 e. The normalized spacial score (nSPS) is 22.1. The fourth-order valence-electron chi connectivity index (χ4n) is 7.30. The fraction of sp³-hybridized carbons (Fsp3) is 0.432. The zero-order valence-electron chi connectivity index (χ0n) is 28.7. The van der Waals surface area contributed by atoms with Gasteiger partial charge in [-0.15, -0.1) is 0 Å². The molecular weight excluding hydrogens is 655 g/mol. The van der Waals surface area contributed by atoms with Crippen molar-refractivity contribution in [2.75, 3.05) is 36.0 Å². The zero-order valence-corrected chi connectivity index (χ0v) is 29.5. The molecule has 262 valence electrons. The third kappa shape index (κ3) is 7.29. The first-order valence-corrected chi connectivity index (χ1v) is 18.8. The second-order valence-electron chi connectivity index (χ2n) is 13.6. The van der Waals surface area contributed by atoms with E-state index < -0.39 is 16.1 Å². The smallest absolute Gasteiger partial charge is 0.264 e. The molecule has 7 rings (SSSR count). The monoisotopic (exact) mass is 697 g/mol. The number of carbonyl (C=O) groups excluding carboxylic acids is 1. The minimum Gasteiger partial charge on any atom is -0.475 e. The molecule has 13 heteroatoms. The minimum absolute atomic E-state index is 0.0758. The molecule has 0 aliphatic carbocycles. The third-order valence-electron chi connectivity index (χ3n) is 9.89. The van der Waals surface area contributed by atoms with Gasteiger partial charge in [-0.25, -0.2) is 23.1 Å². The highest BCUT2D eigenvalue weighted by atomic mass is 32.2. The number of hydrogen-bond donors (Lipinski definition) is 1.